The summed E-state index contributed by atoms with van der Waals surface area (Å²) in [6, 6.07) is 6.46. The Balaban J connectivity index is 2.31. The van der Waals surface area contributed by atoms with Gasteiger partial charge in [-0.05, 0) is 37.0 Å². The van der Waals surface area contributed by atoms with Crippen LogP contribution in [0.2, 0.25) is 5.02 Å². The average Bonchev–Trinajstić information content (AvgIpc) is 2.33. The molecule has 0 bridgehead atoms. The molecule has 1 aliphatic carbocycles. The zero-order valence-electron chi connectivity index (χ0n) is 12.3. The number of hydrogen-bond acceptors (Lipinski definition) is 2. The lowest BCUT2D eigenvalue weighted by atomic mass is 9.59. The van der Waals surface area contributed by atoms with Gasteiger partial charge in [-0.3, -0.25) is 0 Å². The molecular weight excluding hydrogens is 258 g/mol. The minimum absolute atomic E-state index is 0.180. The Morgan fingerprint density at radius 2 is 2.11 bits per heavy atom. The highest BCUT2D eigenvalue weighted by Crippen LogP contribution is 2.50. The van der Waals surface area contributed by atoms with E-state index in [1.807, 2.05) is 12.1 Å². The molecule has 0 heterocycles. The highest BCUT2D eigenvalue weighted by Gasteiger charge is 2.44. The number of benzene rings is 1. The van der Waals surface area contributed by atoms with Gasteiger partial charge < -0.3 is 10.1 Å². The molecule has 1 saturated carbocycles. The summed E-state index contributed by atoms with van der Waals surface area (Å²) < 4.78 is 5.54. The topological polar surface area (TPSA) is 21.3 Å². The minimum Gasteiger partial charge on any atom is -0.496 e. The van der Waals surface area contributed by atoms with Gasteiger partial charge in [0.05, 0.1) is 7.11 Å². The SMILES string of the molecule is COc1ccc(Cl)cc1C1(CNC(C)C)CC(C)C1. The standard InChI is InChI=1S/C16H24ClNO/c1-11(2)18-10-16(8-12(3)9-16)14-7-13(17)5-6-15(14)19-4/h5-7,11-12,18H,8-10H2,1-4H3. The highest BCUT2D eigenvalue weighted by atomic mass is 35.5. The van der Waals surface area contributed by atoms with Crippen LogP contribution in [-0.4, -0.2) is 19.7 Å². The van der Waals surface area contributed by atoms with Crippen LogP contribution in [0, 0.1) is 5.92 Å². The second kappa shape index (κ2) is 5.72. The van der Waals surface area contributed by atoms with Crippen LogP contribution in [0.15, 0.2) is 18.2 Å². The molecular formula is C16H24ClNO. The summed E-state index contributed by atoms with van der Waals surface area (Å²) in [6.45, 7) is 7.67. The van der Waals surface area contributed by atoms with E-state index in [2.05, 4.69) is 32.2 Å². The van der Waals surface area contributed by atoms with Crippen molar-refractivity contribution in [3.63, 3.8) is 0 Å². The molecule has 0 spiro atoms. The summed E-state index contributed by atoms with van der Waals surface area (Å²) in [5.74, 6) is 1.74. The van der Waals surface area contributed by atoms with E-state index in [0.717, 1.165) is 23.2 Å². The maximum absolute atomic E-state index is 6.18. The first-order valence-corrected chi connectivity index (χ1v) is 7.42. The van der Waals surface area contributed by atoms with Crippen LogP contribution in [0.25, 0.3) is 0 Å². The van der Waals surface area contributed by atoms with Crippen molar-refractivity contribution in [1.29, 1.82) is 0 Å². The summed E-state index contributed by atoms with van der Waals surface area (Å²) in [7, 11) is 1.73. The van der Waals surface area contributed by atoms with Gasteiger partial charge in [0.1, 0.15) is 5.75 Å². The lowest BCUT2D eigenvalue weighted by molar-refractivity contribution is 0.145. The maximum Gasteiger partial charge on any atom is 0.122 e. The number of nitrogens with one attached hydrogen (secondary N) is 1. The van der Waals surface area contributed by atoms with E-state index in [9.17, 15) is 0 Å². The van der Waals surface area contributed by atoms with Crippen molar-refractivity contribution in [2.75, 3.05) is 13.7 Å². The normalized spacial score (nSPS) is 26.3. The summed E-state index contributed by atoms with van der Waals surface area (Å²) in [6.07, 6.45) is 2.40. The smallest absolute Gasteiger partial charge is 0.122 e. The van der Waals surface area contributed by atoms with Gasteiger partial charge in [-0.1, -0.05) is 32.4 Å². The predicted octanol–water partition coefficient (Wildman–Crippen LogP) is 4.01. The summed E-state index contributed by atoms with van der Waals surface area (Å²) >= 11 is 6.18. The van der Waals surface area contributed by atoms with Crippen LogP contribution >= 0.6 is 11.6 Å². The van der Waals surface area contributed by atoms with Crippen molar-refractivity contribution in [1.82, 2.24) is 5.32 Å². The van der Waals surface area contributed by atoms with Crippen LogP contribution in [0.4, 0.5) is 0 Å². The van der Waals surface area contributed by atoms with E-state index in [1.54, 1.807) is 7.11 Å². The van der Waals surface area contributed by atoms with E-state index in [-0.39, 0.29) is 5.41 Å². The first-order chi connectivity index (χ1) is 8.97. The molecule has 1 aromatic rings. The van der Waals surface area contributed by atoms with Gasteiger partial charge in [0.25, 0.3) is 0 Å². The summed E-state index contributed by atoms with van der Waals surface area (Å²) in [5, 5.41) is 4.37. The number of halogens is 1. The molecule has 0 atom stereocenters. The molecule has 1 N–H and O–H groups in total. The molecule has 0 aliphatic heterocycles. The van der Waals surface area contributed by atoms with Gasteiger partial charge in [-0.25, -0.2) is 0 Å². The summed E-state index contributed by atoms with van der Waals surface area (Å²) in [5.41, 5.74) is 1.44. The fourth-order valence-corrected chi connectivity index (χ4v) is 3.40. The Kier molecular flexibility index (Phi) is 4.42. The van der Waals surface area contributed by atoms with Crippen molar-refractivity contribution in [3.05, 3.63) is 28.8 Å². The van der Waals surface area contributed by atoms with Gasteiger partial charge >= 0.3 is 0 Å². The molecule has 0 aromatic heterocycles. The highest BCUT2D eigenvalue weighted by molar-refractivity contribution is 6.30. The molecule has 0 radical (unpaired) electrons. The quantitative estimate of drug-likeness (QED) is 0.880. The largest absolute Gasteiger partial charge is 0.496 e. The van der Waals surface area contributed by atoms with Gasteiger partial charge in [0, 0.05) is 28.6 Å². The van der Waals surface area contributed by atoms with Crippen LogP contribution in [0.1, 0.15) is 39.2 Å². The van der Waals surface area contributed by atoms with Crippen molar-refractivity contribution in [2.24, 2.45) is 5.92 Å². The van der Waals surface area contributed by atoms with E-state index in [4.69, 9.17) is 16.3 Å². The number of ether oxygens (including phenoxy) is 1. The zero-order chi connectivity index (χ0) is 14.0. The van der Waals surface area contributed by atoms with Gasteiger partial charge in [0.2, 0.25) is 0 Å². The lowest BCUT2D eigenvalue weighted by Gasteiger charge is -2.48. The third-order valence-corrected chi connectivity index (χ3v) is 4.30. The second-order valence-corrected chi connectivity index (χ2v) is 6.61. The number of methoxy groups -OCH3 is 1. The number of hydrogen-bond donors (Lipinski definition) is 1. The van der Waals surface area contributed by atoms with Crippen LogP contribution < -0.4 is 10.1 Å². The molecule has 2 rings (SSSR count). The molecule has 0 amide bonds. The van der Waals surface area contributed by atoms with Crippen molar-refractivity contribution in [2.45, 2.75) is 45.1 Å². The van der Waals surface area contributed by atoms with Crippen molar-refractivity contribution >= 4 is 11.6 Å². The van der Waals surface area contributed by atoms with E-state index in [1.165, 1.54) is 18.4 Å². The molecule has 106 valence electrons. The fourth-order valence-electron chi connectivity index (χ4n) is 3.23. The number of rotatable bonds is 5. The Morgan fingerprint density at radius 3 is 2.63 bits per heavy atom. The second-order valence-electron chi connectivity index (χ2n) is 6.17. The zero-order valence-corrected chi connectivity index (χ0v) is 13.1. The van der Waals surface area contributed by atoms with Crippen molar-refractivity contribution < 1.29 is 4.74 Å². The summed E-state index contributed by atoms with van der Waals surface area (Å²) in [4.78, 5) is 0. The Bertz CT molecular complexity index is 438. The molecule has 19 heavy (non-hydrogen) atoms. The molecule has 2 nitrogen and oxygen atoms in total. The first kappa shape index (κ1) is 14.7. The van der Waals surface area contributed by atoms with E-state index in [0.29, 0.717) is 6.04 Å². The van der Waals surface area contributed by atoms with Gasteiger partial charge in [0.15, 0.2) is 0 Å². The average molecular weight is 282 g/mol. The molecule has 1 aliphatic rings. The minimum atomic E-state index is 0.180. The van der Waals surface area contributed by atoms with Gasteiger partial charge in [-0.15, -0.1) is 0 Å². The molecule has 0 unspecified atom stereocenters. The third-order valence-electron chi connectivity index (χ3n) is 4.06. The Labute approximate surface area is 121 Å². The van der Waals surface area contributed by atoms with Crippen LogP contribution in [0.5, 0.6) is 5.75 Å². The molecule has 0 saturated heterocycles. The third kappa shape index (κ3) is 3.06. The molecule has 1 fully saturated rings. The van der Waals surface area contributed by atoms with E-state index < -0.39 is 0 Å². The monoisotopic (exact) mass is 281 g/mol. The Morgan fingerprint density at radius 1 is 1.42 bits per heavy atom. The molecule has 1 aromatic carbocycles. The maximum atomic E-state index is 6.18. The fraction of sp³-hybridized carbons (Fsp3) is 0.625. The Hall–Kier alpha value is -0.730. The molecule has 3 heteroatoms. The lowest BCUT2D eigenvalue weighted by Crippen LogP contribution is -2.49. The van der Waals surface area contributed by atoms with E-state index >= 15 is 0 Å². The first-order valence-electron chi connectivity index (χ1n) is 7.04. The predicted molar refractivity (Wildman–Crippen MR) is 81.2 cm³/mol. The van der Waals surface area contributed by atoms with Gasteiger partial charge in [-0.2, -0.15) is 0 Å². The van der Waals surface area contributed by atoms with Crippen molar-refractivity contribution in [3.8, 4) is 5.75 Å². The van der Waals surface area contributed by atoms with Crippen LogP contribution in [0.3, 0.4) is 0 Å². The van der Waals surface area contributed by atoms with Crippen LogP contribution in [-0.2, 0) is 5.41 Å².